The van der Waals surface area contributed by atoms with Crippen molar-refractivity contribution in [2.45, 2.75) is 46.2 Å². The number of piperidine rings is 1. The van der Waals surface area contributed by atoms with Crippen LogP contribution in [0.4, 0.5) is 13.2 Å². The summed E-state index contributed by atoms with van der Waals surface area (Å²) >= 11 is 0. The van der Waals surface area contributed by atoms with Gasteiger partial charge in [-0.15, -0.1) is 0 Å². The lowest BCUT2D eigenvalue weighted by molar-refractivity contribution is -0.185. The van der Waals surface area contributed by atoms with Gasteiger partial charge in [0.2, 0.25) is 0 Å². The molecule has 1 heterocycles. The quantitative estimate of drug-likeness (QED) is 0.780. The van der Waals surface area contributed by atoms with Gasteiger partial charge in [-0.25, -0.2) is 0 Å². The fraction of sp³-hybridized carbons (Fsp3) is 0.923. The second kappa shape index (κ2) is 5.59. The highest BCUT2D eigenvalue weighted by atomic mass is 19.4. The molecule has 0 aromatic heterocycles. The molecule has 106 valence electrons. The number of rotatable bonds is 3. The Balaban J connectivity index is 2.31. The monoisotopic (exact) mass is 265 g/mol. The molecular formula is C13H22F3NO. The van der Waals surface area contributed by atoms with E-state index in [4.69, 9.17) is 0 Å². The van der Waals surface area contributed by atoms with E-state index in [0.717, 1.165) is 0 Å². The number of nitrogens with zero attached hydrogens (tertiary/aromatic N) is 1. The molecule has 0 unspecified atom stereocenters. The summed E-state index contributed by atoms with van der Waals surface area (Å²) in [5.41, 5.74) is -0.357. The van der Waals surface area contributed by atoms with E-state index < -0.39 is 12.1 Å². The normalized spacial score (nSPS) is 20.1. The van der Waals surface area contributed by atoms with E-state index in [0.29, 0.717) is 26.1 Å². The van der Waals surface area contributed by atoms with Gasteiger partial charge in [0.1, 0.15) is 5.78 Å². The molecule has 1 saturated heterocycles. The first kappa shape index (κ1) is 15.5. The average molecular weight is 265 g/mol. The zero-order chi connectivity index (χ0) is 14.0. The van der Waals surface area contributed by atoms with Crippen molar-refractivity contribution in [1.82, 2.24) is 4.90 Å². The smallest absolute Gasteiger partial charge is 0.303 e. The van der Waals surface area contributed by atoms with E-state index in [1.807, 2.05) is 25.7 Å². The van der Waals surface area contributed by atoms with Crippen LogP contribution in [0.2, 0.25) is 0 Å². The van der Waals surface area contributed by atoms with E-state index in [1.165, 1.54) is 0 Å². The Morgan fingerprint density at radius 2 is 1.67 bits per heavy atom. The summed E-state index contributed by atoms with van der Waals surface area (Å²) in [4.78, 5) is 13.7. The zero-order valence-electron chi connectivity index (χ0n) is 11.3. The van der Waals surface area contributed by atoms with Gasteiger partial charge in [0, 0.05) is 18.4 Å². The standard InChI is InChI=1S/C13H22F3NO/c1-12(2,3)11(18)6-9-17-7-4-10(5-8-17)13(14,15)16/h10H,4-9H2,1-3H3. The highest BCUT2D eigenvalue weighted by Crippen LogP contribution is 2.34. The molecule has 18 heavy (non-hydrogen) atoms. The number of likely N-dealkylation sites (tertiary alicyclic amines) is 1. The SMILES string of the molecule is CC(C)(C)C(=O)CCN1CCC(C(F)(F)F)CC1. The Bertz CT molecular complexity index is 286. The molecule has 0 atom stereocenters. The molecule has 0 saturated carbocycles. The molecule has 1 fully saturated rings. The van der Waals surface area contributed by atoms with Crippen LogP contribution in [-0.4, -0.2) is 36.5 Å². The lowest BCUT2D eigenvalue weighted by Gasteiger charge is -2.33. The molecule has 0 aromatic carbocycles. The first-order valence-corrected chi connectivity index (χ1v) is 6.43. The van der Waals surface area contributed by atoms with Crippen LogP contribution >= 0.6 is 0 Å². The van der Waals surface area contributed by atoms with Crippen molar-refractivity contribution in [3.63, 3.8) is 0 Å². The Kier molecular flexibility index (Phi) is 4.81. The number of alkyl halides is 3. The third-order valence-electron chi connectivity index (χ3n) is 3.54. The first-order chi connectivity index (χ1) is 8.10. The maximum Gasteiger partial charge on any atom is 0.391 e. The van der Waals surface area contributed by atoms with E-state index in [-0.39, 0.29) is 24.0 Å². The minimum absolute atomic E-state index is 0.160. The minimum atomic E-state index is -4.06. The molecule has 2 nitrogen and oxygen atoms in total. The lowest BCUT2D eigenvalue weighted by Crippen LogP contribution is -2.40. The number of ketones is 1. The summed E-state index contributed by atoms with van der Waals surface area (Å²) in [7, 11) is 0. The van der Waals surface area contributed by atoms with Gasteiger partial charge in [-0.2, -0.15) is 13.2 Å². The lowest BCUT2D eigenvalue weighted by atomic mass is 9.88. The van der Waals surface area contributed by atoms with Gasteiger partial charge in [-0.05, 0) is 25.9 Å². The maximum atomic E-state index is 12.5. The van der Waals surface area contributed by atoms with Crippen LogP contribution in [0.5, 0.6) is 0 Å². The van der Waals surface area contributed by atoms with Crippen LogP contribution in [-0.2, 0) is 4.79 Å². The van der Waals surface area contributed by atoms with Gasteiger partial charge < -0.3 is 4.90 Å². The largest absolute Gasteiger partial charge is 0.391 e. The summed E-state index contributed by atoms with van der Waals surface area (Å²) in [5, 5.41) is 0. The third-order valence-corrected chi connectivity index (χ3v) is 3.54. The fourth-order valence-electron chi connectivity index (χ4n) is 2.12. The molecule has 0 spiro atoms. The van der Waals surface area contributed by atoms with Gasteiger partial charge in [-0.1, -0.05) is 20.8 Å². The Labute approximate surface area is 107 Å². The summed E-state index contributed by atoms with van der Waals surface area (Å²) < 4.78 is 37.4. The molecule has 0 aliphatic carbocycles. The third kappa shape index (κ3) is 4.59. The van der Waals surface area contributed by atoms with Crippen molar-refractivity contribution in [1.29, 1.82) is 0 Å². The molecule has 5 heteroatoms. The van der Waals surface area contributed by atoms with Crippen molar-refractivity contribution in [2.75, 3.05) is 19.6 Å². The van der Waals surface area contributed by atoms with Crippen molar-refractivity contribution in [3.05, 3.63) is 0 Å². The van der Waals surface area contributed by atoms with Crippen molar-refractivity contribution < 1.29 is 18.0 Å². The van der Waals surface area contributed by atoms with Crippen LogP contribution in [0.3, 0.4) is 0 Å². The number of carbonyl (C=O) groups excluding carboxylic acids is 1. The summed E-state index contributed by atoms with van der Waals surface area (Å²) in [6.45, 7) is 7.07. The number of halogens is 3. The summed E-state index contributed by atoms with van der Waals surface area (Å²) in [6, 6.07) is 0. The maximum absolute atomic E-state index is 12.5. The second-order valence-corrected chi connectivity index (χ2v) is 6.08. The summed E-state index contributed by atoms with van der Waals surface area (Å²) in [6.07, 6.45) is -3.31. The van der Waals surface area contributed by atoms with E-state index in [1.54, 1.807) is 0 Å². The topological polar surface area (TPSA) is 20.3 Å². The number of Topliss-reactive ketones (excluding diaryl/α,β-unsaturated/α-hetero) is 1. The van der Waals surface area contributed by atoms with Gasteiger partial charge in [0.15, 0.2) is 0 Å². The van der Waals surface area contributed by atoms with Crippen LogP contribution in [0, 0.1) is 11.3 Å². The molecule has 0 aromatic rings. The molecule has 1 rings (SSSR count). The van der Waals surface area contributed by atoms with Crippen molar-refractivity contribution in [3.8, 4) is 0 Å². The van der Waals surface area contributed by atoms with Gasteiger partial charge >= 0.3 is 6.18 Å². The fourth-order valence-corrected chi connectivity index (χ4v) is 2.12. The highest BCUT2D eigenvalue weighted by molar-refractivity contribution is 5.83. The zero-order valence-corrected chi connectivity index (χ0v) is 11.3. The van der Waals surface area contributed by atoms with E-state index in [9.17, 15) is 18.0 Å². The van der Waals surface area contributed by atoms with Crippen molar-refractivity contribution >= 4 is 5.78 Å². The van der Waals surface area contributed by atoms with E-state index >= 15 is 0 Å². The molecule has 0 radical (unpaired) electrons. The van der Waals surface area contributed by atoms with Gasteiger partial charge in [0.05, 0.1) is 5.92 Å². The minimum Gasteiger partial charge on any atom is -0.303 e. The van der Waals surface area contributed by atoms with Gasteiger partial charge in [-0.3, -0.25) is 4.79 Å². The predicted octanol–water partition coefficient (Wildman–Crippen LogP) is 3.27. The van der Waals surface area contributed by atoms with Crippen LogP contribution in [0.25, 0.3) is 0 Å². The second-order valence-electron chi connectivity index (χ2n) is 6.08. The van der Waals surface area contributed by atoms with Crippen LogP contribution in [0.1, 0.15) is 40.0 Å². The number of hydrogen-bond acceptors (Lipinski definition) is 2. The van der Waals surface area contributed by atoms with Gasteiger partial charge in [0.25, 0.3) is 0 Å². The van der Waals surface area contributed by atoms with Crippen LogP contribution in [0.15, 0.2) is 0 Å². The molecule has 0 amide bonds. The molecule has 1 aliphatic heterocycles. The van der Waals surface area contributed by atoms with E-state index in [2.05, 4.69) is 0 Å². The number of carbonyl (C=O) groups is 1. The van der Waals surface area contributed by atoms with Crippen molar-refractivity contribution in [2.24, 2.45) is 11.3 Å². The Morgan fingerprint density at radius 1 is 1.17 bits per heavy atom. The Morgan fingerprint density at radius 3 is 2.06 bits per heavy atom. The molecular weight excluding hydrogens is 243 g/mol. The molecule has 1 aliphatic rings. The summed E-state index contributed by atoms with van der Waals surface area (Å²) in [5.74, 6) is -0.993. The molecule has 0 N–H and O–H groups in total. The molecule has 0 bridgehead atoms. The highest BCUT2D eigenvalue weighted by Gasteiger charge is 2.41. The Hall–Kier alpha value is -0.580. The first-order valence-electron chi connectivity index (χ1n) is 6.43. The average Bonchev–Trinajstić information content (AvgIpc) is 2.24. The van der Waals surface area contributed by atoms with Crippen LogP contribution < -0.4 is 0 Å². The predicted molar refractivity (Wildman–Crippen MR) is 64.3 cm³/mol. The number of hydrogen-bond donors (Lipinski definition) is 0.